The van der Waals surface area contributed by atoms with Crippen molar-refractivity contribution in [1.29, 1.82) is 0 Å². The molecule has 0 heterocycles. The Kier molecular flexibility index (Phi) is 4.17. The second-order valence-electron chi connectivity index (χ2n) is 2.52. The summed E-state index contributed by atoms with van der Waals surface area (Å²) in [5.41, 5.74) is 1.21. The van der Waals surface area contributed by atoms with Crippen molar-refractivity contribution in [2.45, 2.75) is 6.42 Å². The highest BCUT2D eigenvalue weighted by Gasteiger charge is 1.85. The lowest BCUT2D eigenvalue weighted by atomic mass is 10.1. The summed E-state index contributed by atoms with van der Waals surface area (Å²) in [4.78, 5) is 0. The van der Waals surface area contributed by atoms with Gasteiger partial charge in [-0.2, -0.15) is 0 Å². The van der Waals surface area contributed by atoms with Crippen molar-refractivity contribution in [3.8, 4) is 0 Å². The van der Waals surface area contributed by atoms with E-state index in [4.69, 9.17) is 4.74 Å². The van der Waals surface area contributed by atoms with E-state index in [9.17, 15) is 0 Å². The van der Waals surface area contributed by atoms with Gasteiger partial charge in [0.05, 0.1) is 6.61 Å². The lowest BCUT2D eigenvalue weighted by Crippen LogP contribution is -1.83. The molecule has 0 spiro atoms. The highest BCUT2D eigenvalue weighted by Crippen LogP contribution is 1.98. The number of benzene rings is 1. The van der Waals surface area contributed by atoms with Crippen molar-refractivity contribution >= 4 is 0 Å². The van der Waals surface area contributed by atoms with Crippen molar-refractivity contribution in [2.75, 3.05) is 13.7 Å². The van der Waals surface area contributed by atoms with Gasteiger partial charge in [-0.1, -0.05) is 36.4 Å². The molecule has 0 N–H and O–H groups in total. The molecule has 1 rings (SSSR count). The van der Waals surface area contributed by atoms with Crippen molar-refractivity contribution in [1.82, 2.24) is 0 Å². The van der Waals surface area contributed by atoms with E-state index in [1.807, 2.05) is 24.3 Å². The lowest BCUT2D eigenvalue weighted by Gasteiger charge is -1.93. The van der Waals surface area contributed by atoms with Crippen LogP contribution in [0.2, 0.25) is 0 Å². The molecule has 0 aliphatic heterocycles. The molecule has 1 nitrogen and oxygen atoms in total. The number of hydrogen-bond acceptors (Lipinski definition) is 1. The van der Waals surface area contributed by atoms with E-state index in [1.54, 1.807) is 7.11 Å². The number of hydrogen-bond donors (Lipinski definition) is 0. The van der Waals surface area contributed by atoms with Crippen LogP contribution in [0.15, 0.2) is 36.4 Å². The van der Waals surface area contributed by atoms with E-state index in [0.717, 1.165) is 6.42 Å². The quantitative estimate of drug-likeness (QED) is 0.615. The molecule has 0 amide bonds. The Bertz CT molecular complexity index is 226. The number of rotatable bonds is 4. The third-order valence-corrected chi connectivity index (χ3v) is 1.54. The van der Waals surface area contributed by atoms with E-state index >= 15 is 0 Å². The molecule has 0 bridgehead atoms. The predicted molar refractivity (Wildman–Crippen MR) is 50.0 cm³/mol. The molecule has 1 heteroatoms. The summed E-state index contributed by atoms with van der Waals surface area (Å²) in [6.07, 6.45) is 5.04. The largest absolute Gasteiger partial charge is 0.381 e. The van der Waals surface area contributed by atoms with Crippen LogP contribution < -0.4 is 0 Å². The number of methoxy groups -OCH3 is 1. The predicted octanol–water partition coefficient (Wildman–Crippen LogP) is 2.23. The highest BCUT2D eigenvalue weighted by atomic mass is 16.5. The zero-order valence-electron chi connectivity index (χ0n) is 7.29. The fourth-order valence-corrected chi connectivity index (χ4v) is 0.932. The van der Waals surface area contributed by atoms with Crippen LogP contribution in [0, 0.1) is 6.07 Å². The zero-order valence-corrected chi connectivity index (χ0v) is 7.29. The van der Waals surface area contributed by atoms with E-state index in [-0.39, 0.29) is 0 Å². The monoisotopic (exact) mass is 161 g/mol. The molecular formula is C11H13O. The molecule has 0 saturated heterocycles. The van der Waals surface area contributed by atoms with Gasteiger partial charge >= 0.3 is 0 Å². The first kappa shape index (κ1) is 9.01. The second kappa shape index (κ2) is 5.56. The Hall–Kier alpha value is -1.08. The SMILES string of the molecule is COCC=CCc1[c]cccc1. The summed E-state index contributed by atoms with van der Waals surface area (Å²) in [5.74, 6) is 0. The third kappa shape index (κ3) is 3.35. The van der Waals surface area contributed by atoms with Gasteiger partial charge in [-0.15, -0.1) is 0 Å². The summed E-state index contributed by atoms with van der Waals surface area (Å²) in [6.45, 7) is 0.687. The van der Waals surface area contributed by atoms with Gasteiger partial charge in [-0.05, 0) is 18.1 Å². The minimum Gasteiger partial charge on any atom is -0.381 e. The van der Waals surface area contributed by atoms with Gasteiger partial charge in [0.15, 0.2) is 0 Å². The van der Waals surface area contributed by atoms with Crippen LogP contribution in [0.25, 0.3) is 0 Å². The molecular weight excluding hydrogens is 148 g/mol. The molecule has 1 aromatic rings. The fraction of sp³-hybridized carbons (Fsp3) is 0.273. The molecule has 0 saturated carbocycles. The lowest BCUT2D eigenvalue weighted by molar-refractivity contribution is 0.233. The van der Waals surface area contributed by atoms with E-state index in [2.05, 4.69) is 18.2 Å². The summed E-state index contributed by atoms with van der Waals surface area (Å²) >= 11 is 0. The van der Waals surface area contributed by atoms with Crippen LogP contribution in [0.5, 0.6) is 0 Å². The molecule has 12 heavy (non-hydrogen) atoms. The van der Waals surface area contributed by atoms with Crippen LogP contribution in [0.3, 0.4) is 0 Å². The smallest absolute Gasteiger partial charge is 0.0643 e. The molecule has 0 atom stereocenters. The minimum absolute atomic E-state index is 0.687. The number of ether oxygens (including phenoxy) is 1. The maximum atomic E-state index is 4.88. The summed E-state index contributed by atoms with van der Waals surface area (Å²) in [6, 6.07) is 11.1. The van der Waals surface area contributed by atoms with Crippen LogP contribution in [0.4, 0.5) is 0 Å². The Labute approximate surface area is 73.7 Å². The van der Waals surface area contributed by atoms with Gasteiger partial charge in [-0.3, -0.25) is 0 Å². The molecule has 1 aromatic carbocycles. The third-order valence-electron chi connectivity index (χ3n) is 1.54. The number of allylic oxidation sites excluding steroid dienone is 1. The molecule has 0 aliphatic rings. The van der Waals surface area contributed by atoms with Crippen molar-refractivity contribution in [3.63, 3.8) is 0 Å². The second-order valence-corrected chi connectivity index (χ2v) is 2.52. The van der Waals surface area contributed by atoms with Gasteiger partial charge in [0.25, 0.3) is 0 Å². The molecule has 63 valence electrons. The summed E-state index contributed by atoms with van der Waals surface area (Å²) in [7, 11) is 1.69. The fourth-order valence-electron chi connectivity index (χ4n) is 0.932. The molecule has 1 radical (unpaired) electrons. The maximum absolute atomic E-state index is 4.88. The zero-order chi connectivity index (χ0) is 8.65. The average Bonchev–Trinajstić information content (AvgIpc) is 2.14. The Morgan fingerprint density at radius 1 is 1.42 bits per heavy atom. The first-order valence-corrected chi connectivity index (χ1v) is 4.03. The Balaban J connectivity index is 2.33. The van der Waals surface area contributed by atoms with Crippen molar-refractivity contribution in [3.05, 3.63) is 48.0 Å². The van der Waals surface area contributed by atoms with Crippen LogP contribution in [-0.2, 0) is 11.2 Å². The van der Waals surface area contributed by atoms with E-state index in [1.165, 1.54) is 5.56 Å². The van der Waals surface area contributed by atoms with Gasteiger partial charge in [0, 0.05) is 7.11 Å². The van der Waals surface area contributed by atoms with Crippen LogP contribution in [-0.4, -0.2) is 13.7 Å². The topological polar surface area (TPSA) is 9.23 Å². The summed E-state index contributed by atoms with van der Waals surface area (Å²) < 4.78 is 4.88. The van der Waals surface area contributed by atoms with E-state index in [0.29, 0.717) is 6.61 Å². The van der Waals surface area contributed by atoms with Gasteiger partial charge < -0.3 is 4.74 Å². The first-order valence-electron chi connectivity index (χ1n) is 4.03. The molecule has 0 aliphatic carbocycles. The van der Waals surface area contributed by atoms with Crippen LogP contribution >= 0.6 is 0 Å². The van der Waals surface area contributed by atoms with Crippen LogP contribution in [0.1, 0.15) is 5.56 Å². The highest BCUT2D eigenvalue weighted by molar-refractivity contribution is 5.15. The summed E-state index contributed by atoms with van der Waals surface area (Å²) in [5, 5.41) is 0. The molecule has 0 fully saturated rings. The molecule has 0 aromatic heterocycles. The van der Waals surface area contributed by atoms with Gasteiger partial charge in [-0.25, -0.2) is 0 Å². The van der Waals surface area contributed by atoms with E-state index < -0.39 is 0 Å². The normalized spacial score (nSPS) is 10.8. The molecule has 0 unspecified atom stereocenters. The maximum Gasteiger partial charge on any atom is 0.0643 e. The van der Waals surface area contributed by atoms with Gasteiger partial charge in [0.2, 0.25) is 0 Å². The standard InChI is InChI=1S/C11H13O/c1-12-10-6-5-9-11-7-3-2-4-8-11/h2-7H,9-10H2,1H3. The Morgan fingerprint density at radius 2 is 2.33 bits per heavy atom. The Morgan fingerprint density at radius 3 is 3.00 bits per heavy atom. The minimum atomic E-state index is 0.687. The van der Waals surface area contributed by atoms with Crippen molar-refractivity contribution < 1.29 is 4.74 Å². The van der Waals surface area contributed by atoms with Gasteiger partial charge in [0.1, 0.15) is 0 Å². The average molecular weight is 161 g/mol. The first-order chi connectivity index (χ1) is 5.93. The van der Waals surface area contributed by atoms with Crippen molar-refractivity contribution in [2.24, 2.45) is 0 Å².